The second-order valence-electron chi connectivity index (χ2n) is 7.55. The van der Waals surface area contributed by atoms with Gasteiger partial charge in [0.1, 0.15) is 5.75 Å². The Morgan fingerprint density at radius 1 is 1.00 bits per heavy atom. The first-order chi connectivity index (χ1) is 15.8. The fourth-order valence-corrected chi connectivity index (χ4v) is 5.03. The van der Waals surface area contributed by atoms with Crippen molar-refractivity contribution < 1.29 is 32.3 Å². The minimum Gasteiger partial charge on any atom is -0.478 e. The number of hydrogen-bond acceptors (Lipinski definition) is 7. The lowest BCUT2D eigenvalue weighted by Gasteiger charge is -2.33. The lowest BCUT2D eigenvalue weighted by molar-refractivity contribution is -0.154. The Labute approximate surface area is 191 Å². The average Bonchev–Trinajstić information content (AvgIpc) is 2.83. The van der Waals surface area contributed by atoms with Crippen LogP contribution in [0.2, 0.25) is 0 Å². The molecule has 0 aromatic heterocycles. The van der Waals surface area contributed by atoms with Crippen molar-refractivity contribution in [3.8, 4) is 5.75 Å². The van der Waals surface area contributed by atoms with E-state index in [1.165, 1.54) is 21.3 Å². The molecule has 0 aliphatic carbocycles. The van der Waals surface area contributed by atoms with Crippen molar-refractivity contribution >= 4 is 33.5 Å². The number of ether oxygens (including phenoxy) is 2. The van der Waals surface area contributed by atoms with Gasteiger partial charge in [-0.1, -0.05) is 30.3 Å². The van der Waals surface area contributed by atoms with Gasteiger partial charge in [0.25, 0.3) is 11.8 Å². The van der Waals surface area contributed by atoms with Crippen LogP contribution in [0, 0.1) is 0 Å². The van der Waals surface area contributed by atoms with Crippen molar-refractivity contribution in [2.45, 2.75) is 17.4 Å². The predicted octanol–water partition coefficient (Wildman–Crippen LogP) is 0.853. The number of carbonyl (C=O) groups is 3. The zero-order valence-corrected chi connectivity index (χ0v) is 18.5. The van der Waals surface area contributed by atoms with Crippen LogP contribution in [0.3, 0.4) is 0 Å². The highest BCUT2D eigenvalue weighted by atomic mass is 32.2. The van der Waals surface area contributed by atoms with E-state index in [0.29, 0.717) is 11.4 Å². The standard InChI is InChI=1S/C22H23N3O7S/c26-20(24-10-12-25(13-11-24)33(29,30)16-6-2-1-3-7-16)15-31-21(27)14-19-22(28)23-17-8-4-5-9-18(17)32-19/h1-9,19H,10-15H2,(H,23,28)/t19-/m0/s1. The minimum absolute atomic E-state index is 0.145. The van der Waals surface area contributed by atoms with Gasteiger partial charge in [-0.25, -0.2) is 8.42 Å². The van der Waals surface area contributed by atoms with E-state index in [-0.39, 0.29) is 37.5 Å². The second kappa shape index (κ2) is 9.59. The van der Waals surface area contributed by atoms with Gasteiger partial charge in [-0.3, -0.25) is 14.4 Å². The highest BCUT2D eigenvalue weighted by molar-refractivity contribution is 7.89. The molecule has 0 bridgehead atoms. The SMILES string of the molecule is O=C(C[C@@H]1Oc2ccccc2NC1=O)OCC(=O)N1CCN(S(=O)(=O)c2ccccc2)CC1. The number of benzene rings is 2. The van der Waals surface area contributed by atoms with E-state index in [1.807, 2.05) is 0 Å². The van der Waals surface area contributed by atoms with E-state index in [1.54, 1.807) is 42.5 Å². The summed E-state index contributed by atoms with van der Waals surface area (Å²) in [6.45, 7) is 0.175. The lowest BCUT2D eigenvalue weighted by Crippen LogP contribution is -2.51. The van der Waals surface area contributed by atoms with E-state index in [9.17, 15) is 22.8 Å². The molecule has 2 heterocycles. The lowest BCUT2D eigenvalue weighted by atomic mass is 10.1. The predicted molar refractivity (Wildman–Crippen MR) is 117 cm³/mol. The highest BCUT2D eigenvalue weighted by Crippen LogP contribution is 2.29. The van der Waals surface area contributed by atoms with E-state index >= 15 is 0 Å². The smallest absolute Gasteiger partial charge is 0.310 e. The monoisotopic (exact) mass is 473 g/mol. The maximum Gasteiger partial charge on any atom is 0.310 e. The highest BCUT2D eigenvalue weighted by Gasteiger charge is 2.32. The minimum atomic E-state index is -3.62. The van der Waals surface area contributed by atoms with Gasteiger partial charge in [-0.2, -0.15) is 4.31 Å². The Bertz CT molecular complexity index is 1150. The van der Waals surface area contributed by atoms with Crippen LogP contribution in [-0.2, 0) is 29.1 Å². The van der Waals surface area contributed by atoms with Crippen LogP contribution >= 0.6 is 0 Å². The topological polar surface area (TPSA) is 122 Å². The first-order valence-corrected chi connectivity index (χ1v) is 11.8. The summed E-state index contributed by atoms with van der Waals surface area (Å²) in [5, 5.41) is 2.66. The second-order valence-corrected chi connectivity index (χ2v) is 9.49. The van der Waals surface area contributed by atoms with Gasteiger partial charge in [-0.05, 0) is 24.3 Å². The Balaban J connectivity index is 1.24. The number of para-hydroxylation sites is 2. The number of rotatable bonds is 6. The number of carbonyl (C=O) groups excluding carboxylic acids is 3. The number of fused-ring (bicyclic) bond motifs is 1. The molecule has 33 heavy (non-hydrogen) atoms. The molecule has 11 heteroatoms. The molecule has 0 saturated carbocycles. The van der Waals surface area contributed by atoms with Crippen molar-refractivity contribution in [3.05, 3.63) is 54.6 Å². The maximum absolute atomic E-state index is 12.7. The number of esters is 1. The summed E-state index contributed by atoms with van der Waals surface area (Å²) in [6, 6.07) is 15.0. The number of amides is 2. The molecule has 174 valence electrons. The summed E-state index contributed by atoms with van der Waals surface area (Å²) in [5.74, 6) is -1.19. The van der Waals surface area contributed by atoms with Gasteiger partial charge >= 0.3 is 5.97 Å². The van der Waals surface area contributed by atoms with E-state index in [2.05, 4.69) is 5.32 Å². The average molecular weight is 474 g/mol. The fraction of sp³-hybridized carbons (Fsp3) is 0.318. The van der Waals surface area contributed by atoms with Crippen molar-refractivity contribution in [2.75, 3.05) is 38.1 Å². The number of hydrogen-bond donors (Lipinski definition) is 1. The summed E-state index contributed by atoms with van der Waals surface area (Å²) in [7, 11) is -3.62. The van der Waals surface area contributed by atoms with Crippen LogP contribution in [-0.4, -0.2) is 74.3 Å². The third kappa shape index (κ3) is 5.15. The molecule has 10 nitrogen and oxygen atoms in total. The molecule has 0 radical (unpaired) electrons. The van der Waals surface area contributed by atoms with E-state index < -0.39 is 40.5 Å². The number of nitrogens with one attached hydrogen (secondary N) is 1. The molecule has 2 aliphatic rings. The van der Waals surface area contributed by atoms with Crippen LogP contribution in [0.25, 0.3) is 0 Å². The third-order valence-corrected chi connectivity index (χ3v) is 7.30. The number of nitrogens with zero attached hydrogens (tertiary/aromatic N) is 2. The van der Waals surface area contributed by atoms with Crippen LogP contribution in [0.1, 0.15) is 6.42 Å². The Morgan fingerprint density at radius 2 is 1.67 bits per heavy atom. The summed E-state index contributed by atoms with van der Waals surface area (Å²) in [5.41, 5.74) is 0.524. The molecular formula is C22H23N3O7S. The molecule has 4 rings (SSSR count). The van der Waals surface area contributed by atoms with E-state index in [4.69, 9.17) is 9.47 Å². The molecule has 0 unspecified atom stereocenters. The molecule has 2 amide bonds. The molecule has 2 aromatic carbocycles. The third-order valence-electron chi connectivity index (χ3n) is 5.39. The molecule has 1 N–H and O–H groups in total. The number of anilines is 1. The van der Waals surface area contributed by atoms with Crippen molar-refractivity contribution in [1.29, 1.82) is 0 Å². The molecule has 1 atom stereocenters. The van der Waals surface area contributed by atoms with Crippen LogP contribution in [0.15, 0.2) is 59.5 Å². The van der Waals surface area contributed by atoms with Gasteiger partial charge in [0, 0.05) is 26.2 Å². The summed E-state index contributed by atoms with van der Waals surface area (Å²) < 4.78 is 37.3. The Hall–Kier alpha value is -3.44. The van der Waals surface area contributed by atoms with Crippen LogP contribution in [0.4, 0.5) is 5.69 Å². The zero-order valence-electron chi connectivity index (χ0n) is 17.7. The largest absolute Gasteiger partial charge is 0.478 e. The van der Waals surface area contributed by atoms with Crippen molar-refractivity contribution in [1.82, 2.24) is 9.21 Å². The normalized spacial score (nSPS) is 18.6. The molecule has 2 aromatic rings. The number of piperazine rings is 1. The Kier molecular flexibility index (Phi) is 6.61. The molecule has 1 saturated heterocycles. The molecular weight excluding hydrogens is 450 g/mol. The van der Waals surface area contributed by atoms with E-state index in [0.717, 1.165) is 0 Å². The summed E-state index contributed by atoms with van der Waals surface area (Å²) >= 11 is 0. The zero-order chi connectivity index (χ0) is 23.4. The fourth-order valence-electron chi connectivity index (χ4n) is 3.59. The quantitative estimate of drug-likeness (QED) is 0.617. The summed E-state index contributed by atoms with van der Waals surface area (Å²) in [4.78, 5) is 38.3. The van der Waals surface area contributed by atoms with Crippen LogP contribution < -0.4 is 10.1 Å². The molecule has 0 spiro atoms. The van der Waals surface area contributed by atoms with Gasteiger partial charge in [0.15, 0.2) is 12.7 Å². The Morgan fingerprint density at radius 3 is 2.39 bits per heavy atom. The van der Waals surface area contributed by atoms with Gasteiger partial charge in [0.2, 0.25) is 10.0 Å². The molecule has 1 fully saturated rings. The van der Waals surface area contributed by atoms with Gasteiger partial charge < -0.3 is 19.7 Å². The van der Waals surface area contributed by atoms with Gasteiger partial charge in [-0.15, -0.1) is 0 Å². The maximum atomic E-state index is 12.7. The van der Waals surface area contributed by atoms with Crippen molar-refractivity contribution in [2.24, 2.45) is 0 Å². The van der Waals surface area contributed by atoms with Crippen LogP contribution in [0.5, 0.6) is 5.75 Å². The summed E-state index contributed by atoms with van der Waals surface area (Å²) in [6.07, 6.45) is -1.38. The van der Waals surface area contributed by atoms with Crippen molar-refractivity contribution in [3.63, 3.8) is 0 Å². The molecule has 2 aliphatic heterocycles. The number of sulfonamides is 1. The first-order valence-electron chi connectivity index (χ1n) is 10.4. The van der Waals surface area contributed by atoms with Gasteiger partial charge in [0.05, 0.1) is 17.0 Å². The first kappa shape index (κ1) is 22.7.